The highest BCUT2D eigenvalue weighted by atomic mass is 16.1. The highest BCUT2D eigenvalue weighted by Crippen LogP contribution is 2.27. The van der Waals surface area contributed by atoms with Crippen LogP contribution in [-0.2, 0) is 11.3 Å². The van der Waals surface area contributed by atoms with Gasteiger partial charge in [0, 0.05) is 17.6 Å². The maximum Gasteiger partial charge on any atom is 0.227 e. The van der Waals surface area contributed by atoms with E-state index in [0.717, 1.165) is 24.1 Å². The fourth-order valence-electron chi connectivity index (χ4n) is 2.32. The smallest absolute Gasteiger partial charge is 0.227 e. The Bertz CT molecular complexity index is 547. The Kier molecular flexibility index (Phi) is 4.08. The number of benzene rings is 1. The molecule has 2 aliphatic rings. The van der Waals surface area contributed by atoms with Gasteiger partial charge in [-0.05, 0) is 43.4 Å². The van der Waals surface area contributed by atoms with Gasteiger partial charge >= 0.3 is 0 Å². The van der Waals surface area contributed by atoms with Crippen LogP contribution in [0.4, 0.5) is 5.69 Å². The van der Waals surface area contributed by atoms with Gasteiger partial charge < -0.3 is 16.4 Å². The maximum atomic E-state index is 11.9. The minimum absolute atomic E-state index is 0.136. The summed E-state index contributed by atoms with van der Waals surface area (Å²) in [5, 5.41) is 6.14. The van der Waals surface area contributed by atoms with Gasteiger partial charge in [0.15, 0.2) is 5.96 Å². The fraction of sp³-hybridized carbons (Fsp3) is 0.500. The second-order valence-electron chi connectivity index (χ2n) is 5.94. The standard InChI is InChI=1S/C16H22N4O/c17-16(20-13-7-8-13)18-10-11-3-1-6-14(9-11)19-15(21)12-4-2-5-12/h1,3,6,9,12-13H,2,4-5,7-8,10H2,(H,19,21)(H3,17,18,20). The SMILES string of the molecule is NC(=NCc1cccc(NC(=O)C2CCC2)c1)NC1CC1. The number of carbonyl (C=O) groups is 1. The molecule has 2 aliphatic carbocycles. The minimum atomic E-state index is 0.136. The van der Waals surface area contributed by atoms with Crippen molar-refractivity contribution in [3.8, 4) is 0 Å². The molecule has 5 heteroatoms. The summed E-state index contributed by atoms with van der Waals surface area (Å²) < 4.78 is 0. The molecule has 0 unspecified atom stereocenters. The molecule has 1 amide bonds. The van der Waals surface area contributed by atoms with Gasteiger partial charge in [-0.25, -0.2) is 4.99 Å². The number of guanidine groups is 1. The van der Waals surface area contributed by atoms with Crippen LogP contribution in [0.25, 0.3) is 0 Å². The average Bonchev–Trinajstić information content (AvgIpc) is 3.18. The molecule has 0 radical (unpaired) electrons. The summed E-state index contributed by atoms with van der Waals surface area (Å²) in [5.74, 6) is 0.836. The van der Waals surface area contributed by atoms with Crippen LogP contribution in [0.15, 0.2) is 29.3 Å². The molecule has 5 nitrogen and oxygen atoms in total. The van der Waals surface area contributed by atoms with Gasteiger partial charge in [0.05, 0.1) is 6.54 Å². The molecule has 0 aliphatic heterocycles. The number of amides is 1. The molecule has 0 spiro atoms. The number of hydrogen-bond acceptors (Lipinski definition) is 2. The van der Waals surface area contributed by atoms with Crippen molar-refractivity contribution in [2.45, 2.75) is 44.7 Å². The molecule has 112 valence electrons. The topological polar surface area (TPSA) is 79.5 Å². The van der Waals surface area contributed by atoms with Gasteiger partial charge in [-0.2, -0.15) is 0 Å². The van der Waals surface area contributed by atoms with Crippen LogP contribution in [0, 0.1) is 5.92 Å². The van der Waals surface area contributed by atoms with Gasteiger partial charge in [0.25, 0.3) is 0 Å². The maximum absolute atomic E-state index is 11.9. The Morgan fingerprint density at radius 2 is 2.10 bits per heavy atom. The summed E-state index contributed by atoms with van der Waals surface area (Å²) in [6.45, 7) is 0.526. The lowest BCUT2D eigenvalue weighted by molar-refractivity contribution is -0.122. The highest BCUT2D eigenvalue weighted by molar-refractivity contribution is 5.93. The number of aliphatic imine (C=N–C) groups is 1. The van der Waals surface area contributed by atoms with Gasteiger partial charge in [0.1, 0.15) is 0 Å². The van der Waals surface area contributed by atoms with Crippen LogP contribution in [0.1, 0.15) is 37.7 Å². The number of carbonyl (C=O) groups excluding carboxylic acids is 1. The van der Waals surface area contributed by atoms with E-state index in [2.05, 4.69) is 15.6 Å². The van der Waals surface area contributed by atoms with Crippen LogP contribution < -0.4 is 16.4 Å². The number of nitrogens with one attached hydrogen (secondary N) is 2. The zero-order chi connectivity index (χ0) is 14.7. The molecule has 1 aromatic carbocycles. The van der Waals surface area contributed by atoms with Gasteiger partial charge in [-0.3, -0.25) is 4.79 Å². The normalized spacial score (nSPS) is 19.0. The summed E-state index contributed by atoms with van der Waals surface area (Å²) >= 11 is 0. The zero-order valence-corrected chi connectivity index (χ0v) is 12.1. The molecule has 21 heavy (non-hydrogen) atoms. The van der Waals surface area contributed by atoms with Crippen LogP contribution >= 0.6 is 0 Å². The molecule has 1 aromatic rings. The van der Waals surface area contributed by atoms with Crippen molar-refractivity contribution in [3.05, 3.63) is 29.8 Å². The second kappa shape index (κ2) is 6.16. The molecular formula is C16H22N4O. The molecule has 2 fully saturated rings. The lowest BCUT2D eigenvalue weighted by Crippen LogP contribution is -2.33. The predicted molar refractivity (Wildman–Crippen MR) is 83.9 cm³/mol. The summed E-state index contributed by atoms with van der Waals surface area (Å²) in [6, 6.07) is 8.32. The van der Waals surface area contributed by atoms with Crippen molar-refractivity contribution in [3.63, 3.8) is 0 Å². The minimum Gasteiger partial charge on any atom is -0.370 e. The number of nitrogens with two attached hydrogens (primary N) is 1. The van der Waals surface area contributed by atoms with Crippen molar-refractivity contribution in [2.24, 2.45) is 16.6 Å². The van der Waals surface area contributed by atoms with Crippen LogP contribution in [0.2, 0.25) is 0 Å². The third-order valence-corrected chi connectivity index (χ3v) is 4.03. The molecule has 0 heterocycles. The average molecular weight is 286 g/mol. The fourth-order valence-corrected chi connectivity index (χ4v) is 2.32. The Morgan fingerprint density at radius 1 is 1.29 bits per heavy atom. The third-order valence-electron chi connectivity index (χ3n) is 4.03. The Hall–Kier alpha value is -2.04. The Morgan fingerprint density at radius 3 is 2.76 bits per heavy atom. The van der Waals surface area contributed by atoms with E-state index in [4.69, 9.17) is 5.73 Å². The van der Waals surface area contributed by atoms with E-state index in [-0.39, 0.29) is 11.8 Å². The first kappa shape index (κ1) is 13.9. The van der Waals surface area contributed by atoms with Gasteiger partial charge in [-0.15, -0.1) is 0 Å². The van der Waals surface area contributed by atoms with E-state index in [1.54, 1.807) is 0 Å². The summed E-state index contributed by atoms with van der Waals surface area (Å²) in [6.07, 6.45) is 5.55. The molecule has 0 bridgehead atoms. The Balaban J connectivity index is 1.55. The molecule has 0 atom stereocenters. The van der Waals surface area contributed by atoms with Crippen molar-refractivity contribution in [2.75, 3.05) is 5.32 Å². The number of rotatable bonds is 5. The van der Waals surface area contributed by atoms with E-state index < -0.39 is 0 Å². The number of anilines is 1. The van der Waals surface area contributed by atoms with Crippen molar-refractivity contribution in [1.29, 1.82) is 0 Å². The van der Waals surface area contributed by atoms with E-state index in [1.807, 2.05) is 24.3 Å². The van der Waals surface area contributed by atoms with E-state index >= 15 is 0 Å². The van der Waals surface area contributed by atoms with Crippen molar-refractivity contribution < 1.29 is 4.79 Å². The number of nitrogens with zero attached hydrogens (tertiary/aromatic N) is 1. The molecule has 3 rings (SSSR count). The molecular weight excluding hydrogens is 264 g/mol. The summed E-state index contributed by atoms with van der Waals surface area (Å²) in [7, 11) is 0. The van der Waals surface area contributed by atoms with E-state index in [0.29, 0.717) is 18.5 Å². The van der Waals surface area contributed by atoms with Crippen molar-refractivity contribution >= 4 is 17.6 Å². The quantitative estimate of drug-likeness (QED) is 0.572. The number of hydrogen-bond donors (Lipinski definition) is 3. The lowest BCUT2D eigenvalue weighted by Gasteiger charge is -2.24. The molecule has 0 saturated heterocycles. The molecule has 0 aromatic heterocycles. The largest absolute Gasteiger partial charge is 0.370 e. The van der Waals surface area contributed by atoms with E-state index in [9.17, 15) is 4.79 Å². The first-order chi connectivity index (χ1) is 10.2. The van der Waals surface area contributed by atoms with Gasteiger partial charge in [0.2, 0.25) is 5.91 Å². The first-order valence-electron chi connectivity index (χ1n) is 7.67. The zero-order valence-electron chi connectivity index (χ0n) is 12.1. The van der Waals surface area contributed by atoms with Crippen LogP contribution in [0.5, 0.6) is 0 Å². The predicted octanol–water partition coefficient (Wildman–Crippen LogP) is 1.99. The second-order valence-corrected chi connectivity index (χ2v) is 5.94. The third kappa shape index (κ3) is 3.97. The van der Waals surface area contributed by atoms with Crippen LogP contribution in [0.3, 0.4) is 0 Å². The summed E-state index contributed by atoms with van der Waals surface area (Å²) in [4.78, 5) is 16.3. The summed E-state index contributed by atoms with van der Waals surface area (Å²) in [5.41, 5.74) is 7.70. The van der Waals surface area contributed by atoms with Crippen LogP contribution in [-0.4, -0.2) is 17.9 Å². The van der Waals surface area contributed by atoms with Gasteiger partial charge in [-0.1, -0.05) is 18.6 Å². The van der Waals surface area contributed by atoms with Crippen molar-refractivity contribution in [1.82, 2.24) is 5.32 Å². The highest BCUT2D eigenvalue weighted by Gasteiger charge is 2.25. The first-order valence-corrected chi connectivity index (χ1v) is 7.67. The van der Waals surface area contributed by atoms with E-state index in [1.165, 1.54) is 19.3 Å². The lowest BCUT2D eigenvalue weighted by atomic mass is 9.85. The molecule has 2 saturated carbocycles. The molecule has 4 N–H and O–H groups in total. The Labute approximate surface area is 125 Å². The monoisotopic (exact) mass is 286 g/mol.